The average molecular weight is 977 g/mol. The van der Waals surface area contributed by atoms with Crippen molar-refractivity contribution in [1.29, 1.82) is 0 Å². The molecule has 0 aromatic heterocycles. The Hall–Kier alpha value is -1.76. The molecule has 0 unspecified atom stereocenters. The zero-order valence-corrected chi connectivity index (χ0v) is 38.7. The Bertz CT molecular complexity index is 1440. The summed E-state index contributed by atoms with van der Waals surface area (Å²) in [4.78, 5) is 67.3. The van der Waals surface area contributed by atoms with Gasteiger partial charge in [0.1, 0.15) is 83.3 Å². The molecule has 22 nitrogen and oxygen atoms in total. The van der Waals surface area contributed by atoms with Crippen LogP contribution in [0.25, 0.3) is 0 Å². The van der Waals surface area contributed by atoms with Crippen LogP contribution in [0.15, 0.2) is 0 Å². The molecule has 0 bridgehead atoms. The lowest BCUT2D eigenvalue weighted by Gasteiger charge is -2.39. The van der Waals surface area contributed by atoms with Crippen LogP contribution in [-0.2, 0) is 42.9 Å². The van der Waals surface area contributed by atoms with Gasteiger partial charge in [-0.3, -0.25) is 19.3 Å². The van der Waals surface area contributed by atoms with E-state index in [4.69, 9.17) is 30.4 Å². The molecule has 14 N–H and O–H groups in total. The number of rotatable bonds is 24. The number of unbranched alkanes of at least 4 members (excludes halogenated alkanes) is 2. The Kier molecular flexibility index (Phi) is 24.7. The largest absolute Gasteiger partial charge is 0.390 e. The van der Waals surface area contributed by atoms with Crippen molar-refractivity contribution in [1.82, 2.24) is 10.2 Å². The highest BCUT2D eigenvalue weighted by Gasteiger charge is 2.44. The van der Waals surface area contributed by atoms with Gasteiger partial charge in [0.2, 0.25) is 17.7 Å². The van der Waals surface area contributed by atoms with Crippen molar-refractivity contribution >= 4 is 64.9 Å². The summed E-state index contributed by atoms with van der Waals surface area (Å²) in [6.45, 7) is 4.78. The second-order valence-corrected chi connectivity index (χ2v) is 19.7. The normalized spacial score (nSPS) is 34.1. The number of nitrogens with two attached hydrogens (primary N) is 2. The van der Waals surface area contributed by atoms with Crippen LogP contribution in [0.4, 0.5) is 0 Å². The van der Waals surface area contributed by atoms with E-state index in [2.05, 4.69) is 5.32 Å². The standard InChI is InChI=1S/C39H68N4O18S3/c1-18-26(47)29(50)32(53)37(58-18)62-15-10-23(44)42-22(36(57)61-35(56)21(41)8-4-6-13-40)9-5-7-14-43(24(45)11-16-63-38-33(54)30(51)27(48)19(2)59-38)25(46)12-17-64-39-34(55)31(52)28(49)20(3)60-39/h18-22,26-34,37-39,47-55H,4-17,40-41H2,1-3H3,(H,42,44)/t18-,19-,20-,21-,22-,26+,27+,28+,29+,30+,31+,32-,33-,34-,37+,38+,39+/m0/s1. The topological polar surface area (TPSA) is 372 Å². The number of carbonyl (C=O) groups excluding carboxylic acids is 5. The second kappa shape index (κ2) is 27.9. The minimum absolute atomic E-state index is 0.0445. The molecule has 3 aliphatic heterocycles. The first kappa shape index (κ1) is 56.6. The Labute approximate surface area is 384 Å². The molecule has 3 fully saturated rings. The molecule has 370 valence electrons. The number of aliphatic hydroxyl groups is 9. The smallest absolute Gasteiger partial charge is 0.336 e. The molecule has 3 rings (SSSR count). The molecular formula is C39H68N4O18S3. The number of amides is 3. The van der Waals surface area contributed by atoms with E-state index in [-0.39, 0.29) is 68.7 Å². The lowest BCUT2D eigenvalue weighted by Crippen LogP contribution is -2.55. The first-order valence-electron chi connectivity index (χ1n) is 21.5. The molecule has 17 atom stereocenters. The minimum Gasteiger partial charge on any atom is -0.390 e. The predicted molar refractivity (Wildman–Crippen MR) is 233 cm³/mol. The van der Waals surface area contributed by atoms with Crippen LogP contribution in [0, 0.1) is 0 Å². The van der Waals surface area contributed by atoms with Crippen LogP contribution < -0.4 is 16.8 Å². The molecule has 0 aromatic carbocycles. The third kappa shape index (κ3) is 16.8. The van der Waals surface area contributed by atoms with Crippen molar-refractivity contribution in [3.8, 4) is 0 Å². The van der Waals surface area contributed by atoms with Gasteiger partial charge in [0.25, 0.3) is 0 Å². The van der Waals surface area contributed by atoms with Crippen molar-refractivity contribution in [3.63, 3.8) is 0 Å². The Morgan fingerprint density at radius 2 is 0.984 bits per heavy atom. The molecule has 25 heteroatoms. The maximum Gasteiger partial charge on any atom is 0.336 e. The number of ether oxygens (including phenoxy) is 4. The summed E-state index contributed by atoms with van der Waals surface area (Å²) >= 11 is 3.02. The summed E-state index contributed by atoms with van der Waals surface area (Å²) in [5, 5.41) is 94.2. The molecule has 3 saturated heterocycles. The Morgan fingerprint density at radius 3 is 1.41 bits per heavy atom. The average Bonchev–Trinajstić information content (AvgIpc) is 3.25. The van der Waals surface area contributed by atoms with Crippen molar-refractivity contribution in [2.24, 2.45) is 11.5 Å². The lowest BCUT2D eigenvalue weighted by molar-refractivity contribution is -0.192. The number of imide groups is 1. The van der Waals surface area contributed by atoms with Crippen molar-refractivity contribution in [2.45, 2.75) is 180 Å². The highest BCUT2D eigenvalue weighted by molar-refractivity contribution is 8.00. The summed E-state index contributed by atoms with van der Waals surface area (Å²) in [6.07, 6.45) is -14.3. The summed E-state index contributed by atoms with van der Waals surface area (Å²) in [6, 6.07) is -2.50. The van der Waals surface area contributed by atoms with E-state index in [9.17, 15) is 69.9 Å². The van der Waals surface area contributed by atoms with Crippen LogP contribution in [0.1, 0.15) is 78.6 Å². The maximum absolute atomic E-state index is 13.6. The van der Waals surface area contributed by atoms with E-state index in [1.54, 1.807) is 0 Å². The van der Waals surface area contributed by atoms with Gasteiger partial charge >= 0.3 is 11.9 Å². The fourth-order valence-corrected chi connectivity index (χ4v) is 10.3. The van der Waals surface area contributed by atoms with Crippen molar-refractivity contribution in [3.05, 3.63) is 0 Å². The molecule has 0 saturated carbocycles. The first-order valence-corrected chi connectivity index (χ1v) is 24.6. The zero-order valence-electron chi connectivity index (χ0n) is 36.2. The van der Waals surface area contributed by atoms with E-state index < -0.39 is 131 Å². The van der Waals surface area contributed by atoms with Gasteiger partial charge in [0.15, 0.2) is 0 Å². The molecule has 0 radical (unpaired) electrons. The van der Waals surface area contributed by atoms with Crippen LogP contribution in [-0.4, -0.2) is 213 Å². The number of nitrogens with zero attached hydrogens (tertiary/aromatic N) is 1. The number of thioether (sulfide) groups is 3. The fraction of sp³-hybridized carbons (Fsp3) is 0.872. The highest BCUT2D eigenvalue weighted by atomic mass is 32.2. The van der Waals surface area contributed by atoms with Gasteiger partial charge in [0, 0.05) is 43.1 Å². The molecule has 64 heavy (non-hydrogen) atoms. The van der Waals surface area contributed by atoms with Gasteiger partial charge in [-0.2, -0.15) is 0 Å². The highest BCUT2D eigenvalue weighted by Crippen LogP contribution is 2.31. The van der Waals surface area contributed by atoms with Gasteiger partial charge in [-0.1, -0.05) is 6.42 Å². The summed E-state index contributed by atoms with van der Waals surface area (Å²) < 4.78 is 21.8. The van der Waals surface area contributed by atoms with Crippen LogP contribution in [0.2, 0.25) is 0 Å². The quantitative estimate of drug-likeness (QED) is 0.0252. The van der Waals surface area contributed by atoms with E-state index in [1.165, 1.54) is 20.8 Å². The number of nitrogens with one attached hydrogen (secondary N) is 1. The van der Waals surface area contributed by atoms with Gasteiger partial charge < -0.3 is 81.7 Å². The number of esters is 2. The van der Waals surface area contributed by atoms with Crippen LogP contribution in [0.3, 0.4) is 0 Å². The van der Waals surface area contributed by atoms with Gasteiger partial charge in [0.05, 0.1) is 18.3 Å². The summed E-state index contributed by atoms with van der Waals surface area (Å²) in [7, 11) is 0. The lowest BCUT2D eigenvalue weighted by atomic mass is 10.0. The van der Waals surface area contributed by atoms with Gasteiger partial charge in [-0.05, 0) is 59.4 Å². The Balaban J connectivity index is 1.66. The minimum atomic E-state index is -1.48. The third-order valence-corrected chi connectivity index (χ3v) is 14.5. The Morgan fingerprint density at radius 1 is 0.578 bits per heavy atom. The fourth-order valence-electron chi connectivity index (χ4n) is 6.91. The van der Waals surface area contributed by atoms with Gasteiger partial charge in [-0.15, -0.1) is 35.3 Å². The second-order valence-electron chi connectivity index (χ2n) is 16.1. The van der Waals surface area contributed by atoms with Gasteiger partial charge in [-0.25, -0.2) is 9.59 Å². The molecule has 3 heterocycles. The number of hydrogen-bond donors (Lipinski definition) is 12. The van der Waals surface area contributed by atoms with Crippen molar-refractivity contribution in [2.75, 3.05) is 30.3 Å². The van der Waals surface area contributed by atoms with Crippen molar-refractivity contribution < 1.29 is 88.9 Å². The predicted octanol–water partition coefficient (Wildman–Crippen LogP) is -3.62. The molecular weight excluding hydrogens is 909 g/mol. The number of carbonyl (C=O) groups is 5. The zero-order chi connectivity index (χ0) is 47.8. The van der Waals surface area contributed by atoms with E-state index in [0.717, 1.165) is 40.2 Å². The monoisotopic (exact) mass is 976 g/mol. The summed E-state index contributed by atoms with van der Waals surface area (Å²) in [5.41, 5.74) is 8.52. The molecule has 3 amide bonds. The molecule has 0 spiro atoms. The first-order chi connectivity index (χ1) is 30.2. The number of aliphatic hydroxyl groups excluding tert-OH is 9. The molecule has 0 aliphatic carbocycles. The maximum atomic E-state index is 13.6. The van der Waals surface area contributed by atoms with E-state index in [0.29, 0.717) is 19.4 Å². The van der Waals surface area contributed by atoms with Crippen LogP contribution >= 0.6 is 35.3 Å². The molecule has 0 aromatic rings. The summed E-state index contributed by atoms with van der Waals surface area (Å²) in [5.74, 6) is -3.80. The van der Waals surface area contributed by atoms with Crippen LogP contribution in [0.5, 0.6) is 0 Å². The number of hydrogen-bond acceptors (Lipinski definition) is 23. The molecule has 3 aliphatic rings. The third-order valence-electron chi connectivity index (χ3n) is 11.1. The van der Waals surface area contributed by atoms with E-state index >= 15 is 0 Å². The SMILES string of the molecule is C[C@@H]1O[C@H](SCCC(=O)N[C@@H](CCCCN(C(=O)CCS[C@H]2O[C@@H](C)[C@@H](O)[C@@H](O)[C@@H]2O)C(=O)CCS[C@H]2O[C@@H](C)[C@@H](O)[C@@H](O)[C@@H]2O)C(=O)OC(=O)[C@@H](N)CCCCN)[C@@H](O)[C@H](O)[C@@H]1O. The van der Waals surface area contributed by atoms with E-state index in [1.807, 2.05) is 0 Å².